The maximum absolute atomic E-state index is 12.5. The van der Waals surface area contributed by atoms with Crippen LogP contribution in [0.3, 0.4) is 0 Å². The molecule has 1 atom stereocenters. The van der Waals surface area contributed by atoms with Gasteiger partial charge in [0, 0.05) is 0 Å². The zero-order valence-electron chi connectivity index (χ0n) is 9.47. The first kappa shape index (κ1) is 12.8. The van der Waals surface area contributed by atoms with Crippen LogP contribution >= 0.6 is 15.9 Å². The first-order chi connectivity index (χ1) is 8.12. The van der Waals surface area contributed by atoms with E-state index in [1.807, 2.05) is 12.1 Å². The van der Waals surface area contributed by atoms with Crippen molar-refractivity contribution < 1.29 is 8.42 Å². The molecule has 0 aromatic heterocycles. The first-order valence-corrected chi connectivity index (χ1v) is 8.16. The molecule has 4 heteroatoms. The number of benzene rings is 1. The molecular formula is C13H15BrO2S. The highest BCUT2D eigenvalue weighted by Gasteiger charge is 2.27. The van der Waals surface area contributed by atoms with Crippen LogP contribution in [0.2, 0.25) is 0 Å². The van der Waals surface area contributed by atoms with Crippen molar-refractivity contribution in [1.82, 2.24) is 0 Å². The van der Waals surface area contributed by atoms with Crippen molar-refractivity contribution in [2.24, 2.45) is 0 Å². The van der Waals surface area contributed by atoms with Gasteiger partial charge in [0.15, 0.2) is 0 Å². The molecule has 0 saturated carbocycles. The van der Waals surface area contributed by atoms with Gasteiger partial charge in [-0.1, -0.05) is 46.6 Å². The number of allylic oxidation sites excluding steroid dienone is 2. The zero-order valence-corrected chi connectivity index (χ0v) is 11.9. The lowest BCUT2D eigenvalue weighted by atomic mass is 10.2. The van der Waals surface area contributed by atoms with Gasteiger partial charge in [0.25, 0.3) is 0 Å². The molecule has 0 saturated heterocycles. The number of halogens is 1. The van der Waals surface area contributed by atoms with Crippen molar-refractivity contribution >= 4 is 25.8 Å². The molecule has 0 fully saturated rings. The second-order valence-electron chi connectivity index (χ2n) is 4.17. The van der Waals surface area contributed by atoms with Crippen molar-refractivity contribution in [2.45, 2.75) is 35.4 Å². The summed E-state index contributed by atoms with van der Waals surface area (Å²) in [6, 6.07) is 8.65. The van der Waals surface area contributed by atoms with Crippen LogP contribution in [0.15, 0.2) is 46.2 Å². The summed E-state index contributed by atoms with van der Waals surface area (Å²) in [7, 11) is -3.32. The molecule has 2 nitrogen and oxygen atoms in total. The van der Waals surface area contributed by atoms with E-state index >= 15 is 0 Å². The molecule has 0 amide bonds. The lowest BCUT2D eigenvalue weighted by Gasteiger charge is -2.13. The van der Waals surface area contributed by atoms with Gasteiger partial charge in [-0.05, 0) is 31.4 Å². The average Bonchev–Trinajstić information content (AvgIpc) is 2.55. The molecule has 92 valence electrons. The number of hydrogen-bond donors (Lipinski definition) is 0. The third kappa shape index (κ3) is 2.80. The minimum Gasteiger partial charge on any atom is -0.219 e. The van der Waals surface area contributed by atoms with E-state index in [1.165, 1.54) is 0 Å². The van der Waals surface area contributed by atoms with Crippen molar-refractivity contribution in [3.63, 3.8) is 0 Å². The fraction of sp³-hybridized carbons (Fsp3) is 0.385. The fourth-order valence-corrected chi connectivity index (χ4v) is 4.82. The summed E-state index contributed by atoms with van der Waals surface area (Å²) in [5.74, 6) is 0. The summed E-state index contributed by atoms with van der Waals surface area (Å²) in [6.45, 7) is 0. The van der Waals surface area contributed by atoms with Crippen LogP contribution in [-0.4, -0.2) is 13.2 Å². The molecule has 0 spiro atoms. The average molecular weight is 315 g/mol. The lowest BCUT2D eigenvalue weighted by Crippen LogP contribution is -2.13. The first-order valence-electron chi connectivity index (χ1n) is 5.76. The maximum atomic E-state index is 12.5. The van der Waals surface area contributed by atoms with Crippen LogP contribution in [0.4, 0.5) is 0 Å². The highest BCUT2D eigenvalue weighted by molar-refractivity contribution is 9.09. The van der Waals surface area contributed by atoms with Crippen LogP contribution < -0.4 is 0 Å². The maximum Gasteiger partial charge on any atom is 0.203 e. The van der Waals surface area contributed by atoms with E-state index in [-0.39, 0.29) is 4.83 Å². The van der Waals surface area contributed by atoms with E-state index < -0.39 is 9.84 Å². The van der Waals surface area contributed by atoms with Crippen LogP contribution in [0.1, 0.15) is 25.7 Å². The molecular weight excluding hydrogens is 300 g/mol. The standard InChI is InChI=1S/C13H15BrO2S/c14-12-9-5-2-6-10-13(12)17(15,16)11-7-3-1-4-8-11/h1,3-4,7-8,10,12H,2,5-6,9H2. The Morgan fingerprint density at radius 2 is 1.82 bits per heavy atom. The van der Waals surface area contributed by atoms with E-state index in [9.17, 15) is 8.42 Å². The minimum absolute atomic E-state index is 0.0461. The molecule has 0 heterocycles. The van der Waals surface area contributed by atoms with Crippen molar-refractivity contribution in [3.8, 4) is 0 Å². The normalized spacial score (nSPS) is 21.7. The fourth-order valence-electron chi connectivity index (χ4n) is 2.00. The Morgan fingerprint density at radius 1 is 1.12 bits per heavy atom. The molecule has 0 aliphatic heterocycles. The Bertz CT molecular complexity index is 505. The van der Waals surface area contributed by atoms with E-state index in [4.69, 9.17) is 0 Å². The van der Waals surface area contributed by atoms with Gasteiger partial charge in [-0.3, -0.25) is 0 Å². The van der Waals surface area contributed by atoms with Gasteiger partial charge in [-0.25, -0.2) is 8.42 Å². The highest BCUT2D eigenvalue weighted by Crippen LogP contribution is 2.31. The van der Waals surface area contributed by atoms with Crippen LogP contribution in [0, 0.1) is 0 Å². The Morgan fingerprint density at radius 3 is 2.53 bits per heavy atom. The van der Waals surface area contributed by atoms with Gasteiger partial charge in [0.1, 0.15) is 0 Å². The molecule has 0 bridgehead atoms. The summed E-state index contributed by atoms with van der Waals surface area (Å²) in [6.07, 6.45) is 5.74. The second kappa shape index (κ2) is 5.36. The van der Waals surface area contributed by atoms with Gasteiger partial charge in [-0.15, -0.1) is 0 Å². The molecule has 17 heavy (non-hydrogen) atoms. The molecule has 1 unspecified atom stereocenters. The number of sulfone groups is 1. The van der Waals surface area contributed by atoms with Gasteiger partial charge in [0.2, 0.25) is 9.84 Å². The summed E-state index contributed by atoms with van der Waals surface area (Å²) in [4.78, 5) is 0.869. The molecule has 1 aromatic rings. The highest BCUT2D eigenvalue weighted by atomic mass is 79.9. The molecule has 1 aromatic carbocycles. The van der Waals surface area contributed by atoms with Gasteiger partial charge >= 0.3 is 0 Å². The second-order valence-corrected chi connectivity index (χ2v) is 7.23. The van der Waals surface area contributed by atoms with Crippen molar-refractivity contribution in [1.29, 1.82) is 0 Å². The van der Waals surface area contributed by atoms with Crippen LogP contribution in [0.5, 0.6) is 0 Å². The Balaban J connectivity index is 2.42. The molecule has 0 N–H and O–H groups in total. The zero-order chi connectivity index (χ0) is 12.3. The lowest BCUT2D eigenvalue weighted by molar-refractivity contribution is 0.600. The molecule has 0 radical (unpaired) electrons. The topological polar surface area (TPSA) is 34.1 Å². The Hall–Kier alpha value is -0.610. The monoisotopic (exact) mass is 314 g/mol. The van der Waals surface area contributed by atoms with Crippen LogP contribution in [0.25, 0.3) is 0 Å². The molecule has 2 rings (SSSR count). The van der Waals surface area contributed by atoms with Crippen molar-refractivity contribution in [3.05, 3.63) is 41.3 Å². The summed E-state index contributed by atoms with van der Waals surface area (Å²) >= 11 is 3.49. The predicted molar refractivity (Wildman–Crippen MR) is 72.9 cm³/mol. The van der Waals surface area contributed by atoms with Gasteiger partial charge in [-0.2, -0.15) is 0 Å². The van der Waals surface area contributed by atoms with E-state index in [1.54, 1.807) is 24.3 Å². The minimum atomic E-state index is -3.32. The summed E-state index contributed by atoms with van der Waals surface area (Å²) < 4.78 is 24.9. The number of alkyl halides is 1. The van der Waals surface area contributed by atoms with E-state index in [0.717, 1.165) is 25.7 Å². The number of hydrogen-bond acceptors (Lipinski definition) is 2. The van der Waals surface area contributed by atoms with E-state index in [0.29, 0.717) is 9.80 Å². The van der Waals surface area contributed by atoms with Gasteiger partial charge < -0.3 is 0 Å². The Kier molecular flexibility index (Phi) is 4.05. The third-order valence-electron chi connectivity index (χ3n) is 2.93. The molecule has 1 aliphatic carbocycles. The summed E-state index contributed by atoms with van der Waals surface area (Å²) in [5, 5.41) is 0. The largest absolute Gasteiger partial charge is 0.219 e. The van der Waals surface area contributed by atoms with E-state index in [2.05, 4.69) is 15.9 Å². The Labute approximate surface area is 111 Å². The number of rotatable bonds is 2. The quantitative estimate of drug-likeness (QED) is 0.780. The molecule has 1 aliphatic rings. The van der Waals surface area contributed by atoms with Gasteiger partial charge in [0.05, 0.1) is 14.6 Å². The summed E-state index contributed by atoms with van der Waals surface area (Å²) in [5.41, 5.74) is 0. The smallest absolute Gasteiger partial charge is 0.203 e. The van der Waals surface area contributed by atoms with Crippen LogP contribution in [-0.2, 0) is 9.84 Å². The predicted octanol–water partition coefficient (Wildman–Crippen LogP) is 3.68. The van der Waals surface area contributed by atoms with Crippen molar-refractivity contribution in [2.75, 3.05) is 0 Å². The third-order valence-corrected chi connectivity index (χ3v) is 6.15. The SMILES string of the molecule is O=S(=O)(C1=CCCCCC1Br)c1ccccc1.